The maximum Gasteiger partial charge on any atom is 0.301 e. The van der Waals surface area contributed by atoms with Crippen LogP contribution in [0.25, 0.3) is 22.3 Å². The Bertz CT molecular complexity index is 1760. The first kappa shape index (κ1) is 32.4. The Labute approximate surface area is 278 Å². The minimum Gasteiger partial charge on any atom is -0.456 e. The highest BCUT2D eigenvalue weighted by atomic mass is 35.5. The van der Waals surface area contributed by atoms with Gasteiger partial charge in [0.15, 0.2) is 11.8 Å². The summed E-state index contributed by atoms with van der Waals surface area (Å²) in [6.45, 7) is 8.43. The number of nitrogens with zero attached hydrogens (tertiary/aromatic N) is 5. The quantitative estimate of drug-likeness (QED) is 0.155. The average Bonchev–Trinajstić information content (AvgIpc) is 3.84. The highest BCUT2D eigenvalue weighted by molar-refractivity contribution is 6.76. The van der Waals surface area contributed by atoms with Crippen molar-refractivity contribution < 1.29 is 33.2 Å². The fraction of sp³-hybridized carbons (Fsp3) is 0.531. The molecule has 0 radical (unpaired) electrons. The zero-order valence-electron chi connectivity index (χ0n) is 26.9. The standard InChI is InChI=1S/C32H40ClFN6O6Si/c1-42-16-39-13-20(12-35-39)19-9-18-5-6-23(27(18)22(34)10-19)36-30-21(33)11-24-31(38-30)40(17-43-7-8-47(2,3)4)32(37-24)46-26-15-45-28-25(41)14-44-29(26)28/h9-13,23,25-26,28-29,41H,5-8,14-17H2,1-4H3,(H,36,38)/t23-,25+,26+,28+,29+/m0/s1. The van der Waals surface area contributed by atoms with Crippen LogP contribution in [0.15, 0.2) is 30.6 Å². The van der Waals surface area contributed by atoms with Crippen molar-refractivity contribution in [1.82, 2.24) is 24.3 Å². The van der Waals surface area contributed by atoms with Crippen LogP contribution in [0.1, 0.15) is 23.6 Å². The molecule has 2 fully saturated rings. The number of anilines is 1. The lowest BCUT2D eigenvalue weighted by molar-refractivity contribution is 0.00336. The minimum atomic E-state index is -1.31. The highest BCUT2D eigenvalue weighted by Gasteiger charge is 2.49. The number of pyridine rings is 1. The largest absolute Gasteiger partial charge is 0.456 e. The summed E-state index contributed by atoms with van der Waals surface area (Å²) in [6, 6.07) is 6.27. The number of methoxy groups -OCH3 is 1. The lowest BCUT2D eigenvalue weighted by Gasteiger charge is -2.19. The molecular formula is C32H40ClFN6O6Si. The van der Waals surface area contributed by atoms with Gasteiger partial charge in [-0.15, -0.1) is 0 Å². The van der Waals surface area contributed by atoms with Crippen LogP contribution in [-0.2, 0) is 38.8 Å². The van der Waals surface area contributed by atoms with Gasteiger partial charge in [0, 0.05) is 39.1 Å². The number of imidazole rings is 1. The number of hydrogen-bond donors (Lipinski definition) is 2. The predicted octanol–water partition coefficient (Wildman–Crippen LogP) is 5.01. The molecule has 0 saturated carbocycles. The Morgan fingerprint density at radius 3 is 2.74 bits per heavy atom. The molecule has 1 aliphatic carbocycles. The van der Waals surface area contributed by atoms with Crippen molar-refractivity contribution in [2.24, 2.45) is 0 Å². The molecule has 0 unspecified atom stereocenters. The molecule has 12 nitrogen and oxygen atoms in total. The summed E-state index contributed by atoms with van der Waals surface area (Å²) >= 11 is 6.76. The van der Waals surface area contributed by atoms with Crippen LogP contribution in [0, 0.1) is 5.82 Å². The Balaban J connectivity index is 1.15. The van der Waals surface area contributed by atoms with Gasteiger partial charge in [-0.25, -0.2) is 14.1 Å². The van der Waals surface area contributed by atoms with Gasteiger partial charge in [0.1, 0.15) is 48.9 Å². The minimum absolute atomic E-state index is 0.167. The van der Waals surface area contributed by atoms with Crippen molar-refractivity contribution in [2.45, 2.75) is 82.4 Å². The fourth-order valence-electron chi connectivity index (χ4n) is 6.43. The Morgan fingerprint density at radius 1 is 1.11 bits per heavy atom. The molecule has 0 spiro atoms. The van der Waals surface area contributed by atoms with E-state index in [1.54, 1.807) is 34.7 Å². The van der Waals surface area contributed by atoms with Gasteiger partial charge < -0.3 is 34.1 Å². The molecule has 1 aromatic carbocycles. The number of aryl methyl sites for hydroxylation is 1. The van der Waals surface area contributed by atoms with E-state index in [0.29, 0.717) is 59.8 Å². The predicted molar refractivity (Wildman–Crippen MR) is 176 cm³/mol. The second-order valence-corrected chi connectivity index (χ2v) is 19.6. The average molecular weight is 687 g/mol. The van der Waals surface area contributed by atoms with Crippen molar-refractivity contribution in [1.29, 1.82) is 0 Å². The molecule has 252 valence electrons. The molecule has 5 heterocycles. The van der Waals surface area contributed by atoms with E-state index in [0.717, 1.165) is 22.7 Å². The van der Waals surface area contributed by atoms with Gasteiger partial charge in [0.25, 0.3) is 0 Å². The van der Waals surface area contributed by atoms with Crippen LogP contribution in [0.5, 0.6) is 6.01 Å². The molecule has 2 N–H and O–H groups in total. The van der Waals surface area contributed by atoms with Gasteiger partial charge in [-0.05, 0) is 42.1 Å². The van der Waals surface area contributed by atoms with E-state index in [4.69, 9.17) is 45.3 Å². The summed E-state index contributed by atoms with van der Waals surface area (Å²) in [5.41, 5.74) is 4.18. The zero-order chi connectivity index (χ0) is 32.9. The number of halogens is 2. The maximum atomic E-state index is 15.7. The molecule has 0 bridgehead atoms. The van der Waals surface area contributed by atoms with E-state index >= 15 is 4.39 Å². The number of ether oxygens (including phenoxy) is 5. The number of fused-ring (bicyclic) bond motifs is 3. The third kappa shape index (κ3) is 6.64. The van der Waals surface area contributed by atoms with E-state index in [1.807, 2.05) is 12.3 Å². The molecular weight excluding hydrogens is 647 g/mol. The summed E-state index contributed by atoms with van der Waals surface area (Å²) in [5, 5.41) is 18.3. The summed E-state index contributed by atoms with van der Waals surface area (Å²) in [4.78, 5) is 9.60. The van der Waals surface area contributed by atoms with E-state index in [-0.39, 0.29) is 31.8 Å². The van der Waals surface area contributed by atoms with Gasteiger partial charge >= 0.3 is 6.01 Å². The molecule has 2 aliphatic heterocycles. The van der Waals surface area contributed by atoms with Crippen molar-refractivity contribution in [3.05, 3.63) is 52.6 Å². The fourth-order valence-corrected chi connectivity index (χ4v) is 7.39. The summed E-state index contributed by atoms with van der Waals surface area (Å²) in [7, 11) is 0.287. The summed E-state index contributed by atoms with van der Waals surface area (Å²) < 4.78 is 48.3. The zero-order valence-corrected chi connectivity index (χ0v) is 28.7. The van der Waals surface area contributed by atoms with Crippen LogP contribution in [0.2, 0.25) is 30.7 Å². The molecule has 7 rings (SSSR count). The topological polar surface area (TPSA) is 127 Å². The number of benzene rings is 1. The molecule has 47 heavy (non-hydrogen) atoms. The number of aliphatic hydroxyl groups is 1. The number of rotatable bonds is 12. The van der Waals surface area contributed by atoms with Crippen molar-refractivity contribution >= 4 is 36.7 Å². The van der Waals surface area contributed by atoms with Gasteiger partial charge in [-0.3, -0.25) is 4.57 Å². The third-order valence-electron chi connectivity index (χ3n) is 8.90. The summed E-state index contributed by atoms with van der Waals surface area (Å²) in [6.07, 6.45) is 2.94. The monoisotopic (exact) mass is 686 g/mol. The first-order chi connectivity index (χ1) is 22.6. The molecule has 0 amide bonds. The number of aliphatic hydroxyl groups excluding tert-OH is 1. The van der Waals surface area contributed by atoms with Crippen LogP contribution in [0.3, 0.4) is 0 Å². The Hall–Kier alpha value is -3.11. The van der Waals surface area contributed by atoms with Crippen LogP contribution in [-0.4, -0.2) is 88.8 Å². The van der Waals surface area contributed by atoms with Crippen LogP contribution < -0.4 is 10.1 Å². The lowest BCUT2D eigenvalue weighted by atomic mass is 10.0. The van der Waals surface area contributed by atoms with Crippen LogP contribution in [0.4, 0.5) is 10.2 Å². The van der Waals surface area contributed by atoms with E-state index < -0.39 is 32.5 Å². The normalized spacial score (nSPS) is 23.9. The number of aromatic nitrogens is 5. The highest BCUT2D eigenvalue weighted by Crippen LogP contribution is 2.40. The van der Waals surface area contributed by atoms with Crippen LogP contribution >= 0.6 is 11.6 Å². The second-order valence-electron chi connectivity index (χ2n) is 13.6. The lowest BCUT2D eigenvalue weighted by Crippen LogP contribution is -2.35. The van der Waals surface area contributed by atoms with E-state index in [9.17, 15) is 5.11 Å². The molecule has 3 aromatic heterocycles. The Kier molecular flexibility index (Phi) is 9.02. The number of nitrogens with one attached hydrogen (secondary N) is 1. The van der Waals surface area contributed by atoms with Gasteiger partial charge in [0.05, 0.1) is 30.5 Å². The third-order valence-corrected chi connectivity index (χ3v) is 10.9. The summed E-state index contributed by atoms with van der Waals surface area (Å²) in [5.74, 6) is 0.125. The van der Waals surface area contributed by atoms with Crippen molar-refractivity contribution in [3.8, 4) is 17.1 Å². The number of hydrogen-bond acceptors (Lipinski definition) is 10. The van der Waals surface area contributed by atoms with Gasteiger partial charge in [-0.1, -0.05) is 37.3 Å². The Morgan fingerprint density at radius 2 is 1.94 bits per heavy atom. The maximum absolute atomic E-state index is 15.7. The molecule has 15 heteroatoms. The van der Waals surface area contributed by atoms with Gasteiger partial charge in [-0.2, -0.15) is 10.1 Å². The molecule has 2 saturated heterocycles. The second kappa shape index (κ2) is 13.1. The molecule has 4 aromatic rings. The van der Waals surface area contributed by atoms with Crippen molar-refractivity contribution in [2.75, 3.05) is 32.2 Å². The van der Waals surface area contributed by atoms with Gasteiger partial charge in [0.2, 0.25) is 0 Å². The first-order valence-electron chi connectivity index (χ1n) is 15.9. The molecule has 5 atom stereocenters. The molecule has 3 aliphatic rings. The first-order valence-corrected chi connectivity index (χ1v) is 20.0. The SMILES string of the molecule is COCn1cc(-c2cc(F)c3c(c2)CC[C@@H]3Nc2nc3c(cc2Cl)nc(O[C@@H]2CO[C@H]4[C@@H]2OC[C@H]4O)n3COCC[Si](C)(C)C)cn1. The smallest absolute Gasteiger partial charge is 0.301 e. The van der Waals surface area contributed by atoms with E-state index in [2.05, 4.69) is 30.1 Å². The van der Waals surface area contributed by atoms with E-state index in [1.165, 1.54) is 0 Å². The van der Waals surface area contributed by atoms with Crippen molar-refractivity contribution in [3.63, 3.8) is 0 Å².